The summed E-state index contributed by atoms with van der Waals surface area (Å²) in [4.78, 5) is 12.4. The lowest BCUT2D eigenvalue weighted by molar-refractivity contribution is 0.0916. The van der Waals surface area contributed by atoms with Crippen LogP contribution < -0.4 is 5.32 Å². The first-order valence-corrected chi connectivity index (χ1v) is 7.09. The zero-order valence-electron chi connectivity index (χ0n) is 12.2. The SMILES string of the molecule is O=C(NCC(O)c1ccccc1)c1ccccc1-n1cnnn1. The number of para-hydroxylation sites is 1. The summed E-state index contributed by atoms with van der Waals surface area (Å²) < 4.78 is 1.42. The average Bonchev–Trinajstić information content (AvgIpc) is 3.14. The Kier molecular flexibility index (Phi) is 4.39. The molecule has 1 unspecified atom stereocenters. The van der Waals surface area contributed by atoms with E-state index in [4.69, 9.17) is 0 Å². The van der Waals surface area contributed by atoms with Crippen molar-refractivity contribution in [3.63, 3.8) is 0 Å². The summed E-state index contributed by atoms with van der Waals surface area (Å²) in [6, 6.07) is 16.2. The molecule has 3 rings (SSSR count). The molecular formula is C16H15N5O2. The molecule has 23 heavy (non-hydrogen) atoms. The molecular weight excluding hydrogens is 294 g/mol. The maximum Gasteiger partial charge on any atom is 0.253 e. The predicted octanol–water partition coefficient (Wildman–Crippen LogP) is 1.13. The minimum absolute atomic E-state index is 0.118. The number of rotatable bonds is 5. The van der Waals surface area contributed by atoms with Gasteiger partial charge < -0.3 is 10.4 Å². The molecule has 7 nitrogen and oxygen atoms in total. The van der Waals surface area contributed by atoms with Crippen molar-refractivity contribution in [3.8, 4) is 5.69 Å². The Bertz CT molecular complexity index is 774. The van der Waals surface area contributed by atoms with Gasteiger partial charge in [-0.1, -0.05) is 42.5 Å². The lowest BCUT2D eigenvalue weighted by atomic mass is 10.1. The van der Waals surface area contributed by atoms with Gasteiger partial charge in [-0.2, -0.15) is 4.68 Å². The highest BCUT2D eigenvalue weighted by atomic mass is 16.3. The second-order valence-electron chi connectivity index (χ2n) is 4.91. The van der Waals surface area contributed by atoms with Gasteiger partial charge >= 0.3 is 0 Å². The van der Waals surface area contributed by atoms with Crippen molar-refractivity contribution in [2.45, 2.75) is 6.10 Å². The van der Waals surface area contributed by atoms with Crippen molar-refractivity contribution in [2.24, 2.45) is 0 Å². The summed E-state index contributed by atoms with van der Waals surface area (Å²) in [5, 5.41) is 23.8. The van der Waals surface area contributed by atoms with E-state index in [1.165, 1.54) is 11.0 Å². The van der Waals surface area contributed by atoms with Crippen molar-refractivity contribution >= 4 is 5.91 Å². The molecule has 0 aliphatic heterocycles. The Balaban J connectivity index is 1.72. The first-order valence-electron chi connectivity index (χ1n) is 7.09. The number of hydrogen-bond donors (Lipinski definition) is 2. The van der Waals surface area contributed by atoms with Gasteiger partial charge in [-0.3, -0.25) is 4.79 Å². The fraction of sp³-hybridized carbons (Fsp3) is 0.125. The van der Waals surface area contributed by atoms with Gasteiger partial charge in [-0.05, 0) is 28.1 Å². The van der Waals surface area contributed by atoms with Crippen molar-refractivity contribution < 1.29 is 9.90 Å². The molecule has 7 heteroatoms. The Hall–Kier alpha value is -3.06. The van der Waals surface area contributed by atoms with E-state index in [0.29, 0.717) is 11.3 Å². The normalized spacial score (nSPS) is 11.9. The van der Waals surface area contributed by atoms with E-state index in [0.717, 1.165) is 5.56 Å². The quantitative estimate of drug-likeness (QED) is 0.737. The van der Waals surface area contributed by atoms with E-state index in [-0.39, 0.29) is 12.5 Å². The topological polar surface area (TPSA) is 92.9 Å². The van der Waals surface area contributed by atoms with E-state index in [1.54, 1.807) is 24.3 Å². The Morgan fingerprint density at radius 3 is 2.61 bits per heavy atom. The first kappa shape index (κ1) is 14.9. The lowest BCUT2D eigenvalue weighted by Gasteiger charge is -2.13. The van der Waals surface area contributed by atoms with Crippen LogP contribution in [-0.2, 0) is 0 Å². The molecule has 0 radical (unpaired) electrons. The van der Waals surface area contributed by atoms with E-state index >= 15 is 0 Å². The second-order valence-corrected chi connectivity index (χ2v) is 4.91. The fourth-order valence-corrected chi connectivity index (χ4v) is 2.21. The number of nitrogens with zero attached hydrogens (tertiary/aromatic N) is 4. The average molecular weight is 309 g/mol. The van der Waals surface area contributed by atoms with Crippen LogP contribution in [0, 0.1) is 0 Å². The molecule has 2 aromatic carbocycles. The van der Waals surface area contributed by atoms with Crippen LogP contribution >= 0.6 is 0 Å². The van der Waals surface area contributed by atoms with Crippen LogP contribution in [-0.4, -0.2) is 37.8 Å². The van der Waals surface area contributed by atoms with Gasteiger partial charge in [0, 0.05) is 6.54 Å². The third kappa shape index (κ3) is 3.41. The van der Waals surface area contributed by atoms with Crippen molar-refractivity contribution in [2.75, 3.05) is 6.54 Å². The number of amides is 1. The molecule has 0 bridgehead atoms. The molecule has 1 aromatic heterocycles. The van der Waals surface area contributed by atoms with Crippen LogP contribution in [0.1, 0.15) is 22.0 Å². The number of aliphatic hydroxyl groups excluding tert-OH is 1. The van der Waals surface area contributed by atoms with Crippen LogP contribution in [0.3, 0.4) is 0 Å². The molecule has 0 saturated carbocycles. The second kappa shape index (κ2) is 6.80. The predicted molar refractivity (Wildman–Crippen MR) is 82.9 cm³/mol. The number of benzene rings is 2. The van der Waals surface area contributed by atoms with Crippen LogP contribution in [0.15, 0.2) is 60.9 Å². The van der Waals surface area contributed by atoms with Crippen molar-refractivity contribution in [1.29, 1.82) is 0 Å². The third-order valence-corrected chi connectivity index (χ3v) is 3.38. The summed E-state index contributed by atoms with van der Waals surface area (Å²) in [6.45, 7) is 0.118. The Morgan fingerprint density at radius 2 is 1.87 bits per heavy atom. The molecule has 0 aliphatic rings. The summed E-state index contributed by atoms with van der Waals surface area (Å²) in [7, 11) is 0. The zero-order chi connectivity index (χ0) is 16.1. The summed E-state index contributed by atoms with van der Waals surface area (Å²) in [5.74, 6) is -0.300. The molecule has 0 fully saturated rings. The maximum atomic E-state index is 12.4. The number of aliphatic hydroxyl groups is 1. The zero-order valence-corrected chi connectivity index (χ0v) is 12.2. The highest BCUT2D eigenvalue weighted by Gasteiger charge is 2.15. The monoisotopic (exact) mass is 309 g/mol. The first-order chi connectivity index (χ1) is 11.3. The Morgan fingerprint density at radius 1 is 1.13 bits per heavy atom. The Labute approximate surface area is 132 Å². The van der Waals surface area contributed by atoms with Gasteiger partial charge in [0.2, 0.25) is 0 Å². The van der Waals surface area contributed by atoms with Crippen LogP contribution in [0.4, 0.5) is 0 Å². The molecule has 116 valence electrons. The van der Waals surface area contributed by atoms with Crippen LogP contribution in [0.2, 0.25) is 0 Å². The van der Waals surface area contributed by atoms with Gasteiger partial charge in [-0.15, -0.1) is 5.10 Å². The van der Waals surface area contributed by atoms with E-state index < -0.39 is 6.10 Å². The molecule has 1 heterocycles. The largest absolute Gasteiger partial charge is 0.387 e. The van der Waals surface area contributed by atoms with Gasteiger partial charge in [0.15, 0.2) is 0 Å². The molecule has 0 spiro atoms. The molecule has 3 aromatic rings. The molecule has 0 aliphatic carbocycles. The third-order valence-electron chi connectivity index (χ3n) is 3.38. The number of aromatic nitrogens is 4. The number of carbonyl (C=O) groups is 1. The number of carbonyl (C=O) groups excluding carboxylic acids is 1. The number of hydrogen-bond acceptors (Lipinski definition) is 5. The van der Waals surface area contributed by atoms with Crippen molar-refractivity contribution in [1.82, 2.24) is 25.5 Å². The standard InChI is InChI=1S/C16H15N5O2/c22-15(12-6-2-1-3-7-12)10-17-16(23)13-8-4-5-9-14(13)21-11-18-19-20-21/h1-9,11,15,22H,10H2,(H,17,23). The van der Waals surface area contributed by atoms with Gasteiger partial charge in [0.25, 0.3) is 5.91 Å². The minimum atomic E-state index is -0.764. The molecule has 1 atom stereocenters. The lowest BCUT2D eigenvalue weighted by Crippen LogP contribution is -2.29. The van der Waals surface area contributed by atoms with Gasteiger partial charge in [0.1, 0.15) is 6.33 Å². The summed E-state index contributed by atoms with van der Waals surface area (Å²) >= 11 is 0. The van der Waals surface area contributed by atoms with Crippen LogP contribution in [0.5, 0.6) is 0 Å². The van der Waals surface area contributed by atoms with E-state index in [2.05, 4.69) is 20.8 Å². The van der Waals surface area contributed by atoms with Crippen LogP contribution in [0.25, 0.3) is 5.69 Å². The smallest absolute Gasteiger partial charge is 0.253 e. The molecule has 1 amide bonds. The van der Waals surface area contributed by atoms with Crippen molar-refractivity contribution in [3.05, 3.63) is 72.1 Å². The minimum Gasteiger partial charge on any atom is -0.387 e. The summed E-state index contributed by atoms with van der Waals surface area (Å²) in [5.41, 5.74) is 1.76. The highest BCUT2D eigenvalue weighted by molar-refractivity contribution is 5.97. The van der Waals surface area contributed by atoms with Gasteiger partial charge in [0.05, 0.1) is 17.4 Å². The van der Waals surface area contributed by atoms with E-state index in [9.17, 15) is 9.90 Å². The number of tetrazole rings is 1. The highest BCUT2D eigenvalue weighted by Crippen LogP contribution is 2.14. The molecule has 0 saturated heterocycles. The maximum absolute atomic E-state index is 12.4. The number of nitrogens with one attached hydrogen (secondary N) is 1. The fourth-order valence-electron chi connectivity index (χ4n) is 2.21. The molecule has 2 N–H and O–H groups in total. The van der Waals surface area contributed by atoms with Gasteiger partial charge in [-0.25, -0.2) is 0 Å². The van der Waals surface area contributed by atoms with E-state index in [1.807, 2.05) is 30.3 Å². The summed E-state index contributed by atoms with van der Waals surface area (Å²) in [6.07, 6.45) is 0.658.